The van der Waals surface area contributed by atoms with Crippen LogP contribution in [0.25, 0.3) is 11.3 Å². The number of imide groups is 2. The van der Waals surface area contributed by atoms with Gasteiger partial charge in [-0.25, -0.2) is 19.6 Å². The Morgan fingerprint density at radius 3 is 1.31 bits per heavy atom. The molecule has 0 aromatic carbocycles. The van der Waals surface area contributed by atoms with Gasteiger partial charge in [-0.1, -0.05) is 78.6 Å². The van der Waals surface area contributed by atoms with Crippen molar-refractivity contribution in [3.63, 3.8) is 0 Å². The third kappa shape index (κ3) is 16.7. The summed E-state index contributed by atoms with van der Waals surface area (Å²) < 4.78 is 29.2. The standard InChI is InChI=1S/C26H43BrN6O4Si2.C26H44N6O4Si2/c1-38(2,3)13-11-36-17-32(18-37-12-14-39(4,5)6)22-15-21(29-23-20(27)16-28-33(22)23)19-7-9-26(10-8-19)24(34)30-25(35)31-26;1-37(2,3)15-13-35-18-31(19-36-14-16-38(4,5)6)23-17-21(28-22-9-12-27-32(22)23)20-7-10-26(11-8-20)24(33)29-25(34)30-26/h15-16,19H,7-14,17-18H2,1-6H3,(H2,30,31,34,35);9,12,17,20H,7-8,10-11,13-16,18-19H2,1-6H3,(H2,29,30,33,34). The second-order valence-electron chi connectivity index (χ2n) is 26.4. The van der Waals surface area contributed by atoms with E-state index >= 15 is 0 Å². The lowest BCUT2D eigenvalue weighted by Crippen LogP contribution is -2.49. The number of hydrogen-bond acceptors (Lipinski definition) is 14. The van der Waals surface area contributed by atoms with Gasteiger partial charge in [0, 0.05) is 100 Å². The molecule has 4 N–H and O–H groups in total. The Balaban J connectivity index is 0.000000224. The molecule has 6 heterocycles. The molecule has 4 aromatic heterocycles. The summed E-state index contributed by atoms with van der Waals surface area (Å²) in [5, 5.41) is 19.7. The monoisotopic (exact) mass is 1200 g/mol. The molecule has 426 valence electrons. The number of halogens is 1. The van der Waals surface area contributed by atoms with Crippen molar-refractivity contribution in [2.45, 2.75) is 177 Å². The predicted molar refractivity (Wildman–Crippen MR) is 316 cm³/mol. The molecule has 4 aliphatic rings. The van der Waals surface area contributed by atoms with Gasteiger partial charge >= 0.3 is 12.1 Å². The molecule has 0 atom stereocenters. The molecule has 20 nitrogen and oxygen atoms in total. The van der Waals surface area contributed by atoms with Crippen LogP contribution in [-0.4, -0.2) is 150 Å². The molecule has 25 heteroatoms. The molecule has 6 amide bonds. The van der Waals surface area contributed by atoms with E-state index in [1.807, 2.05) is 15.1 Å². The van der Waals surface area contributed by atoms with E-state index in [1.54, 1.807) is 12.4 Å². The Morgan fingerprint density at radius 1 is 0.571 bits per heavy atom. The zero-order chi connectivity index (χ0) is 56.0. The van der Waals surface area contributed by atoms with Crippen LogP contribution in [0.5, 0.6) is 0 Å². The number of aromatic nitrogens is 6. The smallest absolute Gasteiger partial charge is 0.322 e. The van der Waals surface area contributed by atoms with Crippen molar-refractivity contribution in [2.75, 3.05) is 63.2 Å². The van der Waals surface area contributed by atoms with E-state index in [2.05, 4.69) is 148 Å². The molecule has 2 saturated carbocycles. The van der Waals surface area contributed by atoms with Gasteiger partial charge in [0.1, 0.15) is 49.6 Å². The van der Waals surface area contributed by atoms with Crippen molar-refractivity contribution in [2.24, 2.45) is 0 Å². The Morgan fingerprint density at radius 2 is 0.948 bits per heavy atom. The molecule has 4 fully saturated rings. The molecular weight excluding hydrogens is 1110 g/mol. The first kappa shape index (κ1) is 60.5. The number of amides is 6. The molecule has 4 aromatic rings. The molecule has 2 spiro atoms. The summed E-state index contributed by atoms with van der Waals surface area (Å²) in [5.41, 5.74) is 1.87. The summed E-state index contributed by atoms with van der Waals surface area (Å²) in [6.45, 7) is 32.7. The highest BCUT2D eigenvalue weighted by Crippen LogP contribution is 2.42. The third-order valence-electron chi connectivity index (χ3n) is 15.0. The molecule has 0 bridgehead atoms. The molecule has 8 rings (SSSR count). The number of rotatable bonds is 24. The summed E-state index contributed by atoms with van der Waals surface area (Å²) in [4.78, 5) is 62.5. The van der Waals surface area contributed by atoms with E-state index < -0.39 is 55.4 Å². The van der Waals surface area contributed by atoms with Gasteiger partial charge in [0.25, 0.3) is 11.8 Å². The maximum absolute atomic E-state index is 12.4. The average Bonchev–Trinajstić information content (AvgIpc) is 4.14. The Bertz CT molecular complexity index is 2640. The van der Waals surface area contributed by atoms with Gasteiger partial charge in [0.15, 0.2) is 11.3 Å². The number of carbonyl (C=O) groups is 4. The largest absolute Gasteiger partial charge is 0.361 e. The minimum absolute atomic E-state index is 0.161. The molecule has 0 unspecified atom stereocenters. The van der Waals surface area contributed by atoms with Gasteiger partial charge in [-0.3, -0.25) is 20.2 Å². The van der Waals surface area contributed by atoms with E-state index in [-0.39, 0.29) is 23.7 Å². The lowest BCUT2D eigenvalue weighted by Gasteiger charge is -2.34. The predicted octanol–water partition coefficient (Wildman–Crippen LogP) is 9.55. The third-order valence-corrected chi connectivity index (χ3v) is 22.3. The first-order chi connectivity index (χ1) is 36.1. The Labute approximate surface area is 467 Å². The zero-order valence-electron chi connectivity index (χ0n) is 47.9. The van der Waals surface area contributed by atoms with Crippen LogP contribution >= 0.6 is 15.9 Å². The normalized spacial score (nSPS) is 22.1. The minimum Gasteiger partial charge on any atom is -0.361 e. The minimum atomic E-state index is -1.21. The topological polar surface area (TPSA) is 220 Å². The van der Waals surface area contributed by atoms with E-state index in [4.69, 9.17) is 28.9 Å². The van der Waals surface area contributed by atoms with Crippen LogP contribution in [0, 0.1) is 0 Å². The lowest BCUT2D eigenvalue weighted by atomic mass is 9.75. The van der Waals surface area contributed by atoms with Crippen molar-refractivity contribution in [3.8, 4) is 0 Å². The maximum Gasteiger partial charge on any atom is 0.322 e. The highest BCUT2D eigenvalue weighted by atomic mass is 79.9. The van der Waals surface area contributed by atoms with E-state index in [0.717, 1.165) is 102 Å². The molecule has 2 saturated heterocycles. The highest BCUT2D eigenvalue weighted by molar-refractivity contribution is 9.10. The molecular formula is C52H87BrN12O8Si4. The van der Waals surface area contributed by atoms with Gasteiger partial charge in [-0.15, -0.1) is 0 Å². The van der Waals surface area contributed by atoms with Crippen LogP contribution in [-0.2, 0) is 28.5 Å². The summed E-state index contributed by atoms with van der Waals surface area (Å²) in [6.07, 6.45) is 8.93. The van der Waals surface area contributed by atoms with Crippen LogP contribution in [0.1, 0.15) is 74.6 Å². The highest BCUT2D eigenvalue weighted by Gasteiger charge is 2.50. The zero-order valence-corrected chi connectivity index (χ0v) is 53.5. The second-order valence-corrected chi connectivity index (χ2v) is 49.7. The van der Waals surface area contributed by atoms with Crippen LogP contribution < -0.4 is 31.1 Å². The van der Waals surface area contributed by atoms with Crippen LogP contribution in [0.3, 0.4) is 0 Å². The number of hydrogen-bond donors (Lipinski definition) is 4. The first-order valence-corrected chi connectivity index (χ1v) is 43.2. The number of nitrogens with one attached hydrogen (secondary N) is 4. The fourth-order valence-electron chi connectivity index (χ4n) is 9.85. The van der Waals surface area contributed by atoms with Crippen molar-refractivity contribution in [1.82, 2.24) is 50.5 Å². The van der Waals surface area contributed by atoms with Gasteiger partial charge in [-0.05, 0) is 91.5 Å². The second kappa shape index (κ2) is 25.1. The number of ether oxygens (including phenoxy) is 4. The summed E-state index contributed by atoms with van der Waals surface area (Å²) in [5.74, 6) is 1.68. The number of nitrogens with zero attached hydrogens (tertiary/aromatic N) is 8. The van der Waals surface area contributed by atoms with Gasteiger partial charge in [-0.2, -0.15) is 19.2 Å². The molecule has 77 heavy (non-hydrogen) atoms. The van der Waals surface area contributed by atoms with Crippen LogP contribution in [0.15, 0.2) is 35.1 Å². The number of urea groups is 2. The average molecular weight is 1200 g/mol. The lowest BCUT2D eigenvalue weighted by molar-refractivity contribution is -0.125. The summed E-state index contributed by atoms with van der Waals surface area (Å²) in [7, 11) is -4.83. The van der Waals surface area contributed by atoms with Crippen LogP contribution in [0.2, 0.25) is 103 Å². The van der Waals surface area contributed by atoms with E-state index in [9.17, 15) is 19.2 Å². The fraction of sp³-hybridized carbons (Fsp3) is 0.692. The number of anilines is 2. The van der Waals surface area contributed by atoms with E-state index in [0.29, 0.717) is 65.8 Å². The van der Waals surface area contributed by atoms with Gasteiger partial charge in [0.05, 0.1) is 16.9 Å². The van der Waals surface area contributed by atoms with Crippen molar-refractivity contribution in [3.05, 3.63) is 46.5 Å². The van der Waals surface area contributed by atoms with Crippen LogP contribution in [0.4, 0.5) is 21.2 Å². The number of carbonyl (C=O) groups excluding carboxylic acids is 4. The SMILES string of the molecule is C[Si](C)(C)CCOCN(COCC[Si](C)(C)C)c1cc(C2CCC3(CC2)NC(=O)NC3=O)nc2c(Br)cnn12.C[Si](C)(C)CCOCN(COCC[Si](C)(C)C)c1cc(C2CCC3(CC2)NC(=O)NC3=O)nc2ccnn12. The van der Waals surface area contributed by atoms with Crippen molar-refractivity contribution in [1.29, 1.82) is 0 Å². The molecule has 0 radical (unpaired) electrons. The molecule has 2 aliphatic heterocycles. The molecule has 2 aliphatic carbocycles. The summed E-state index contributed by atoms with van der Waals surface area (Å²) >= 11 is 3.62. The Kier molecular flexibility index (Phi) is 19.8. The van der Waals surface area contributed by atoms with Gasteiger partial charge < -0.3 is 39.4 Å². The fourth-order valence-corrected chi connectivity index (χ4v) is 13.2. The summed E-state index contributed by atoms with van der Waals surface area (Å²) in [6, 6.07) is 9.69. The quantitative estimate of drug-likeness (QED) is 0.0222. The van der Waals surface area contributed by atoms with E-state index in [1.165, 1.54) is 0 Å². The van der Waals surface area contributed by atoms with Crippen molar-refractivity contribution >= 4 is 95.0 Å². The maximum atomic E-state index is 12.4. The van der Waals surface area contributed by atoms with Crippen molar-refractivity contribution < 1.29 is 38.1 Å². The Hall–Kier alpha value is -4.09. The number of fused-ring (bicyclic) bond motifs is 2. The van der Waals surface area contributed by atoms with Gasteiger partial charge in [0.2, 0.25) is 0 Å². The first-order valence-electron chi connectivity index (χ1n) is 27.6.